The number of aryl methyl sites for hydroxylation is 1. The van der Waals surface area contributed by atoms with Crippen LogP contribution < -0.4 is 0 Å². The highest BCUT2D eigenvalue weighted by atomic mass is 16.3. The molecule has 0 aliphatic heterocycles. The Morgan fingerprint density at radius 2 is 2.16 bits per heavy atom. The van der Waals surface area contributed by atoms with Gasteiger partial charge in [-0.3, -0.25) is 4.90 Å². The lowest BCUT2D eigenvalue weighted by Crippen LogP contribution is -2.40. The first-order valence-corrected chi connectivity index (χ1v) is 6.41. The minimum absolute atomic E-state index is 0.438. The van der Waals surface area contributed by atoms with Crippen LogP contribution in [0.3, 0.4) is 0 Å². The Morgan fingerprint density at radius 1 is 1.42 bits per heavy atom. The van der Waals surface area contributed by atoms with Gasteiger partial charge in [0.05, 0.1) is 6.07 Å². The highest BCUT2D eigenvalue weighted by molar-refractivity contribution is 5.73. The highest BCUT2D eigenvalue weighted by Gasteiger charge is 2.22. The van der Waals surface area contributed by atoms with Crippen LogP contribution >= 0.6 is 0 Å². The van der Waals surface area contributed by atoms with Crippen molar-refractivity contribution in [2.75, 3.05) is 13.6 Å². The van der Waals surface area contributed by atoms with Crippen molar-refractivity contribution < 1.29 is 4.42 Å². The molecule has 0 saturated heterocycles. The quantitative estimate of drug-likeness (QED) is 0.845. The van der Waals surface area contributed by atoms with Gasteiger partial charge in [0.2, 0.25) is 0 Å². The predicted molar refractivity (Wildman–Crippen MR) is 74.8 cm³/mol. The number of fused-ring (bicyclic) bond motifs is 1. The monoisotopic (exact) mass is 257 g/mol. The smallest absolute Gasteiger partial charge is 0.192 e. The normalized spacial score (nSPS) is 12.0. The molecule has 0 N–H and O–H groups in total. The fraction of sp³-hybridized carbons (Fsp3) is 0.467. The van der Waals surface area contributed by atoms with Crippen LogP contribution in [0, 0.1) is 18.3 Å². The summed E-state index contributed by atoms with van der Waals surface area (Å²) in [5.41, 5.74) is 2.49. The van der Waals surface area contributed by atoms with Crippen molar-refractivity contribution in [2.45, 2.75) is 32.7 Å². The summed E-state index contributed by atoms with van der Waals surface area (Å²) < 4.78 is 5.53. The molecule has 0 radical (unpaired) electrons. The number of nitrogens with zero attached hydrogens (tertiary/aromatic N) is 3. The van der Waals surface area contributed by atoms with Gasteiger partial charge in [0.15, 0.2) is 11.5 Å². The van der Waals surface area contributed by atoms with E-state index in [-0.39, 0.29) is 0 Å². The number of hydrogen-bond donors (Lipinski definition) is 0. The maximum absolute atomic E-state index is 9.09. The van der Waals surface area contributed by atoms with Crippen LogP contribution in [0.25, 0.3) is 11.1 Å². The molecule has 0 amide bonds. The Bertz CT molecular complexity index is 622. The number of likely N-dealkylation sites (N-methyl/N-ethyl adjacent to an activating group) is 1. The minimum Gasteiger partial charge on any atom is -0.441 e. The van der Waals surface area contributed by atoms with E-state index in [0.717, 1.165) is 24.1 Å². The van der Waals surface area contributed by atoms with Crippen molar-refractivity contribution in [3.63, 3.8) is 0 Å². The number of nitriles is 1. The molecule has 1 aromatic heterocycles. The van der Waals surface area contributed by atoms with Gasteiger partial charge in [-0.25, -0.2) is 4.98 Å². The van der Waals surface area contributed by atoms with Gasteiger partial charge in [-0.2, -0.15) is 5.26 Å². The lowest BCUT2D eigenvalue weighted by molar-refractivity contribution is 0.214. The SMILES string of the molecule is Cc1nc2ccc(CCN(C)C(C)(C)C#N)cc2o1. The van der Waals surface area contributed by atoms with E-state index in [1.165, 1.54) is 5.56 Å². The van der Waals surface area contributed by atoms with Gasteiger partial charge in [-0.15, -0.1) is 0 Å². The zero-order chi connectivity index (χ0) is 14.0. The summed E-state index contributed by atoms with van der Waals surface area (Å²) in [5.74, 6) is 0.690. The molecule has 0 fully saturated rings. The van der Waals surface area contributed by atoms with Crippen molar-refractivity contribution in [3.05, 3.63) is 29.7 Å². The Hall–Kier alpha value is -1.86. The summed E-state index contributed by atoms with van der Waals surface area (Å²) in [6.07, 6.45) is 0.886. The Kier molecular flexibility index (Phi) is 3.59. The third-order valence-corrected chi connectivity index (χ3v) is 3.52. The molecule has 4 nitrogen and oxygen atoms in total. The summed E-state index contributed by atoms with van der Waals surface area (Å²) in [4.78, 5) is 6.34. The average molecular weight is 257 g/mol. The number of aromatic nitrogens is 1. The molecule has 0 spiro atoms. The Labute approximate surface area is 113 Å². The summed E-state index contributed by atoms with van der Waals surface area (Å²) in [6, 6.07) is 8.39. The average Bonchev–Trinajstić information content (AvgIpc) is 2.74. The molecule has 19 heavy (non-hydrogen) atoms. The van der Waals surface area contributed by atoms with Crippen LogP contribution in [0.15, 0.2) is 22.6 Å². The molecule has 100 valence electrons. The summed E-state index contributed by atoms with van der Waals surface area (Å²) in [5, 5.41) is 9.09. The van der Waals surface area contributed by atoms with E-state index < -0.39 is 5.54 Å². The second-order valence-electron chi connectivity index (χ2n) is 5.38. The standard InChI is InChI=1S/C15H19N3O/c1-11-17-13-6-5-12(9-14(13)19-11)7-8-18(4)15(2,3)10-16/h5-6,9H,7-8H2,1-4H3. The van der Waals surface area contributed by atoms with E-state index in [9.17, 15) is 0 Å². The molecule has 0 aliphatic rings. The van der Waals surface area contributed by atoms with Crippen molar-refractivity contribution in [1.82, 2.24) is 9.88 Å². The van der Waals surface area contributed by atoms with Crippen LogP contribution in [0.4, 0.5) is 0 Å². The van der Waals surface area contributed by atoms with Gasteiger partial charge in [0, 0.05) is 13.5 Å². The minimum atomic E-state index is -0.438. The number of hydrogen-bond acceptors (Lipinski definition) is 4. The van der Waals surface area contributed by atoms with Gasteiger partial charge < -0.3 is 4.42 Å². The Balaban J connectivity index is 2.08. The third kappa shape index (κ3) is 2.94. The fourth-order valence-electron chi connectivity index (χ4n) is 1.90. The second-order valence-corrected chi connectivity index (χ2v) is 5.38. The predicted octanol–water partition coefficient (Wildman–Crippen LogP) is 2.91. The fourth-order valence-corrected chi connectivity index (χ4v) is 1.90. The zero-order valence-electron chi connectivity index (χ0n) is 11.9. The molecule has 1 heterocycles. The van der Waals surface area contributed by atoms with Gasteiger partial charge in [-0.05, 0) is 45.0 Å². The molecule has 4 heteroatoms. The van der Waals surface area contributed by atoms with Crippen LogP contribution in [0.1, 0.15) is 25.3 Å². The van der Waals surface area contributed by atoms with Gasteiger partial charge in [-0.1, -0.05) is 6.07 Å². The molecule has 0 bridgehead atoms. The van der Waals surface area contributed by atoms with E-state index in [1.54, 1.807) is 0 Å². The molecular weight excluding hydrogens is 238 g/mol. The van der Waals surface area contributed by atoms with E-state index >= 15 is 0 Å². The van der Waals surface area contributed by atoms with Crippen molar-refractivity contribution in [2.24, 2.45) is 0 Å². The summed E-state index contributed by atoms with van der Waals surface area (Å²) in [6.45, 7) is 6.54. The number of rotatable bonds is 4. The molecule has 2 rings (SSSR count). The molecule has 2 aromatic rings. The maximum Gasteiger partial charge on any atom is 0.192 e. The summed E-state index contributed by atoms with van der Waals surface area (Å²) in [7, 11) is 1.97. The third-order valence-electron chi connectivity index (χ3n) is 3.52. The van der Waals surface area contributed by atoms with E-state index in [2.05, 4.69) is 22.0 Å². The summed E-state index contributed by atoms with van der Waals surface area (Å²) >= 11 is 0. The topological polar surface area (TPSA) is 53.1 Å². The first-order valence-electron chi connectivity index (χ1n) is 6.41. The lowest BCUT2D eigenvalue weighted by Gasteiger charge is -2.28. The van der Waals surface area contributed by atoms with Gasteiger partial charge in [0.1, 0.15) is 11.1 Å². The molecule has 0 aliphatic carbocycles. The molecule has 1 aromatic carbocycles. The van der Waals surface area contributed by atoms with E-state index in [0.29, 0.717) is 5.89 Å². The maximum atomic E-state index is 9.09. The molecular formula is C15H19N3O. The first-order chi connectivity index (χ1) is 8.92. The molecule has 0 unspecified atom stereocenters. The molecule has 0 saturated carbocycles. The van der Waals surface area contributed by atoms with Gasteiger partial charge in [0.25, 0.3) is 0 Å². The largest absolute Gasteiger partial charge is 0.441 e. The van der Waals surface area contributed by atoms with E-state index in [4.69, 9.17) is 9.68 Å². The Morgan fingerprint density at radius 3 is 2.84 bits per heavy atom. The van der Waals surface area contributed by atoms with Crippen molar-refractivity contribution in [3.8, 4) is 6.07 Å². The van der Waals surface area contributed by atoms with Crippen molar-refractivity contribution >= 4 is 11.1 Å². The number of benzene rings is 1. The number of oxazole rings is 1. The van der Waals surface area contributed by atoms with Crippen LogP contribution in [0.5, 0.6) is 0 Å². The first kappa shape index (κ1) is 13.6. The second kappa shape index (κ2) is 5.02. The lowest BCUT2D eigenvalue weighted by atomic mass is 10.0. The van der Waals surface area contributed by atoms with Crippen LogP contribution in [-0.4, -0.2) is 29.0 Å². The van der Waals surface area contributed by atoms with Gasteiger partial charge >= 0.3 is 0 Å². The van der Waals surface area contributed by atoms with Crippen molar-refractivity contribution in [1.29, 1.82) is 5.26 Å². The van der Waals surface area contributed by atoms with Crippen LogP contribution in [0.2, 0.25) is 0 Å². The zero-order valence-corrected chi connectivity index (χ0v) is 11.9. The highest BCUT2D eigenvalue weighted by Crippen LogP contribution is 2.18. The van der Waals surface area contributed by atoms with Crippen LogP contribution in [-0.2, 0) is 6.42 Å². The van der Waals surface area contributed by atoms with E-state index in [1.807, 2.05) is 40.0 Å². The molecule has 0 atom stereocenters.